The summed E-state index contributed by atoms with van der Waals surface area (Å²) in [6.45, 7) is 4.48. The van der Waals surface area contributed by atoms with Gasteiger partial charge in [0.15, 0.2) is 10.0 Å². The fourth-order valence-corrected chi connectivity index (χ4v) is 4.13. The molecular formula is C20H28N2S2. The van der Waals surface area contributed by atoms with E-state index in [0.717, 1.165) is 28.6 Å². The number of nitrogens with zero attached hydrogens (tertiary/aromatic N) is 2. The standard InChI is InChI=1S/C20H28N2S2/c1-3-5-7-9-10-12-14-18-16-24-20(22-18)19-21-17(15-23-19)13-11-8-6-4-2/h15-16H,3-11,13H2,1-2H3. The van der Waals surface area contributed by atoms with Crippen LogP contribution in [0.3, 0.4) is 0 Å². The van der Waals surface area contributed by atoms with Gasteiger partial charge in [0.1, 0.15) is 5.69 Å². The summed E-state index contributed by atoms with van der Waals surface area (Å²) in [5.41, 5.74) is 2.11. The zero-order valence-electron chi connectivity index (χ0n) is 14.9. The minimum Gasteiger partial charge on any atom is -0.239 e. The number of hydrogen-bond donors (Lipinski definition) is 0. The molecule has 0 N–H and O–H groups in total. The molecule has 0 aliphatic carbocycles. The van der Waals surface area contributed by atoms with Gasteiger partial charge in [-0.25, -0.2) is 9.97 Å². The van der Waals surface area contributed by atoms with E-state index in [1.165, 1.54) is 57.1 Å². The van der Waals surface area contributed by atoms with Gasteiger partial charge in [-0.1, -0.05) is 58.3 Å². The van der Waals surface area contributed by atoms with E-state index in [9.17, 15) is 0 Å². The van der Waals surface area contributed by atoms with Gasteiger partial charge in [-0.05, 0) is 25.2 Å². The van der Waals surface area contributed by atoms with E-state index in [4.69, 9.17) is 4.98 Å². The summed E-state index contributed by atoms with van der Waals surface area (Å²) in [5.74, 6) is 6.44. The van der Waals surface area contributed by atoms with Crippen molar-refractivity contribution in [2.45, 2.75) is 78.1 Å². The lowest BCUT2D eigenvalue weighted by atomic mass is 10.1. The molecule has 0 saturated carbocycles. The maximum atomic E-state index is 4.74. The Morgan fingerprint density at radius 3 is 2.33 bits per heavy atom. The summed E-state index contributed by atoms with van der Waals surface area (Å²) in [5, 5.41) is 6.29. The molecule has 0 saturated heterocycles. The average Bonchev–Trinajstić information content (AvgIpc) is 3.24. The van der Waals surface area contributed by atoms with E-state index in [2.05, 4.69) is 41.4 Å². The topological polar surface area (TPSA) is 25.8 Å². The Bertz CT molecular complexity index is 646. The molecule has 0 atom stereocenters. The fraction of sp³-hybridized carbons (Fsp3) is 0.600. The molecular weight excluding hydrogens is 332 g/mol. The van der Waals surface area contributed by atoms with Crippen LogP contribution in [-0.4, -0.2) is 9.97 Å². The van der Waals surface area contributed by atoms with Gasteiger partial charge in [-0.2, -0.15) is 0 Å². The van der Waals surface area contributed by atoms with Crippen LogP contribution >= 0.6 is 22.7 Å². The maximum Gasteiger partial charge on any atom is 0.153 e. The van der Waals surface area contributed by atoms with Crippen molar-refractivity contribution >= 4 is 22.7 Å². The third kappa shape index (κ3) is 6.75. The molecule has 0 aliphatic rings. The molecule has 0 unspecified atom stereocenters. The third-order valence-corrected chi connectivity index (χ3v) is 5.77. The van der Waals surface area contributed by atoms with Gasteiger partial charge in [0.2, 0.25) is 0 Å². The minimum absolute atomic E-state index is 0.894. The first-order valence-electron chi connectivity index (χ1n) is 9.22. The monoisotopic (exact) mass is 360 g/mol. The van der Waals surface area contributed by atoms with Crippen LogP contribution in [-0.2, 0) is 6.42 Å². The summed E-state index contributed by atoms with van der Waals surface area (Å²) in [6.07, 6.45) is 12.3. The highest BCUT2D eigenvalue weighted by Gasteiger charge is 2.08. The van der Waals surface area contributed by atoms with Crippen molar-refractivity contribution in [1.82, 2.24) is 9.97 Å². The largest absolute Gasteiger partial charge is 0.239 e. The van der Waals surface area contributed by atoms with E-state index in [-0.39, 0.29) is 0 Å². The van der Waals surface area contributed by atoms with E-state index in [0.29, 0.717) is 0 Å². The van der Waals surface area contributed by atoms with Crippen LogP contribution in [0.1, 0.15) is 83.0 Å². The molecule has 2 aromatic rings. The molecule has 0 bridgehead atoms. The maximum absolute atomic E-state index is 4.74. The zero-order chi connectivity index (χ0) is 17.0. The van der Waals surface area contributed by atoms with E-state index in [1.807, 2.05) is 0 Å². The van der Waals surface area contributed by atoms with Gasteiger partial charge in [0, 0.05) is 17.2 Å². The SMILES string of the molecule is CCCCCCC#Cc1csc(-c2nc(CCCCCC)cs2)n1. The zero-order valence-corrected chi connectivity index (χ0v) is 16.6. The molecule has 24 heavy (non-hydrogen) atoms. The van der Waals surface area contributed by atoms with Gasteiger partial charge in [0.25, 0.3) is 0 Å². The van der Waals surface area contributed by atoms with Crippen molar-refractivity contribution in [2.24, 2.45) is 0 Å². The average molecular weight is 361 g/mol. The van der Waals surface area contributed by atoms with Gasteiger partial charge >= 0.3 is 0 Å². The molecule has 0 fully saturated rings. The number of rotatable bonds is 10. The first-order valence-corrected chi connectivity index (χ1v) is 11.0. The highest BCUT2D eigenvalue weighted by atomic mass is 32.1. The summed E-state index contributed by atoms with van der Waals surface area (Å²) >= 11 is 3.36. The van der Waals surface area contributed by atoms with Crippen molar-refractivity contribution in [3.05, 3.63) is 22.1 Å². The van der Waals surface area contributed by atoms with Crippen molar-refractivity contribution in [1.29, 1.82) is 0 Å². The van der Waals surface area contributed by atoms with Gasteiger partial charge < -0.3 is 0 Å². The molecule has 0 radical (unpaired) electrons. The highest BCUT2D eigenvalue weighted by Crippen LogP contribution is 2.27. The minimum atomic E-state index is 0.894. The second-order valence-corrected chi connectivity index (χ2v) is 7.82. The molecule has 0 aromatic carbocycles. The Labute approximate surface area is 154 Å². The van der Waals surface area contributed by atoms with Crippen molar-refractivity contribution in [3.63, 3.8) is 0 Å². The van der Waals surface area contributed by atoms with Crippen LogP contribution in [0.2, 0.25) is 0 Å². The number of hydrogen-bond acceptors (Lipinski definition) is 4. The molecule has 2 aromatic heterocycles. The van der Waals surface area contributed by atoms with Crippen LogP contribution < -0.4 is 0 Å². The lowest BCUT2D eigenvalue weighted by Gasteiger charge is -1.95. The highest BCUT2D eigenvalue weighted by molar-refractivity contribution is 7.19. The van der Waals surface area contributed by atoms with Gasteiger partial charge in [-0.15, -0.1) is 22.7 Å². The Kier molecular flexibility index (Phi) is 9.09. The summed E-state index contributed by atoms with van der Waals surface area (Å²) < 4.78 is 0. The van der Waals surface area contributed by atoms with Crippen LogP contribution in [0.25, 0.3) is 10.0 Å². The van der Waals surface area contributed by atoms with Gasteiger partial charge in [0.05, 0.1) is 5.69 Å². The van der Waals surface area contributed by atoms with E-state index >= 15 is 0 Å². The van der Waals surface area contributed by atoms with Crippen molar-refractivity contribution in [2.75, 3.05) is 0 Å². The lowest BCUT2D eigenvalue weighted by molar-refractivity contribution is 0.662. The molecule has 0 aliphatic heterocycles. The van der Waals surface area contributed by atoms with Crippen LogP contribution in [0, 0.1) is 11.8 Å². The summed E-state index contributed by atoms with van der Waals surface area (Å²) in [7, 11) is 0. The van der Waals surface area contributed by atoms with E-state index in [1.54, 1.807) is 22.7 Å². The van der Waals surface area contributed by atoms with Crippen molar-refractivity contribution < 1.29 is 0 Å². The molecule has 2 heterocycles. The normalized spacial score (nSPS) is 10.6. The van der Waals surface area contributed by atoms with Crippen LogP contribution in [0.15, 0.2) is 10.8 Å². The van der Waals surface area contributed by atoms with Gasteiger partial charge in [-0.3, -0.25) is 0 Å². The summed E-state index contributed by atoms with van der Waals surface area (Å²) in [4.78, 5) is 9.37. The lowest BCUT2D eigenvalue weighted by Crippen LogP contribution is -1.86. The molecule has 2 rings (SSSR count). The number of thiazole rings is 2. The third-order valence-electron chi connectivity index (χ3n) is 3.90. The first-order chi connectivity index (χ1) is 11.8. The number of aromatic nitrogens is 2. The number of aryl methyl sites for hydroxylation is 1. The Balaban J connectivity index is 1.82. The number of unbranched alkanes of at least 4 members (excludes halogenated alkanes) is 7. The molecule has 2 nitrogen and oxygen atoms in total. The Morgan fingerprint density at radius 1 is 0.833 bits per heavy atom. The molecule has 0 amide bonds. The van der Waals surface area contributed by atoms with E-state index < -0.39 is 0 Å². The predicted octanol–water partition coefficient (Wildman–Crippen LogP) is 6.71. The second-order valence-electron chi connectivity index (χ2n) is 6.10. The predicted molar refractivity (Wildman–Crippen MR) is 107 cm³/mol. The van der Waals surface area contributed by atoms with Crippen molar-refractivity contribution in [3.8, 4) is 21.9 Å². The quantitative estimate of drug-likeness (QED) is 0.347. The molecule has 4 heteroatoms. The molecule has 0 spiro atoms. The Hall–Kier alpha value is -1.18. The van der Waals surface area contributed by atoms with Crippen LogP contribution in [0.5, 0.6) is 0 Å². The fourth-order valence-electron chi connectivity index (χ4n) is 2.48. The Morgan fingerprint density at radius 2 is 1.54 bits per heavy atom. The van der Waals surface area contributed by atoms with Crippen LogP contribution in [0.4, 0.5) is 0 Å². The first kappa shape index (κ1) is 19.1. The second kappa shape index (κ2) is 11.4. The smallest absolute Gasteiger partial charge is 0.153 e. The summed E-state index contributed by atoms with van der Waals surface area (Å²) in [6, 6.07) is 0. The molecule has 130 valence electrons.